The molecule has 0 atom stereocenters. The van der Waals surface area contributed by atoms with Gasteiger partial charge in [0.1, 0.15) is 5.75 Å². The van der Waals surface area contributed by atoms with Gasteiger partial charge in [0, 0.05) is 37.9 Å². The molecule has 0 saturated carbocycles. The lowest BCUT2D eigenvalue weighted by atomic mass is 10.2. The van der Waals surface area contributed by atoms with Crippen molar-refractivity contribution in [2.45, 2.75) is 20.0 Å². The fourth-order valence-electron chi connectivity index (χ4n) is 1.82. The number of nitrogens with one attached hydrogen (secondary N) is 1. The van der Waals surface area contributed by atoms with Crippen LogP contribution in [0.25, 0.3) is 0 Å². The van der Waals surface area contributed by atoms with Crippen molar-refractivity contribution in [3.8, 4) is 5.75 Å². The SMILES string of the molecule is COc1cccc(Cl)c1CNCc1cc(Br)c(C)s1. The van der Waals surface area contributed by atoms with Crippen molar-refractivity contribution in [1.29, 1.82) is 0 Å². The molecular weight excluding hydrogens is 346 g/mol. The van der Waals surface area contributed by atoms with Gasteiger partial charge in [-0.1, -0.05) is 17.7 Å². The topological polar surface area (TPSA) is 21.3 Å². The van der Waals surface area contributed by atoms with Gasteiger partial charge in [-0.2, -0.15) is 0 Å². The summed E-state index contributed by atoms with van der Waals surface area (Å²) in [5.74, 6) is 0.823. The van der Waals surface area contributed by atoms with Crippen molar-refractivity contribution in [1.82, 2.24) is 5.32 Å². The highest BCUT2D eigenvalue weighted by Crippen LogP contribution is 2.28. The Bertz CT molecular complexity index is 551. The predicted octanol–water partition coefficient (Wildman–Crippen LogP) is 4.77. The first kappa shape index (κ1) is 14.9. The van der Waals surface area contributed by atoms with Gasteiger partial charge in [0.05, 0.1) is 7.11 Å². The van der Waals surface area contributed by atoms with Crippen molar-refractivity contribution >= 4 is 38.9 Å². The minimum absolute atomic E-state index is 0.692. The number of hydrogen-bond donors (Lipinski definition) is 1. The van der Waals surface area contributed by atoms with E-state index < -0.39 is 0 Å². The zero-order valence-electron chi connectivity index (χ0n) is 10.8. The Morgan fingerprint density at radius 2 is 2.16 bits per heavy atom. The molecule has 0 spiro atoms. The lowest BCUT2D eigenvalue weighted by molar-refractivity contribution is 0.408. The van der Waals surface area contributed by atoms with Crippen LogP contribution in [0, 0.1) is 6.92 Å². The summed E-state index contributed by atoms with van der Waals surface area (Å²) in [6.45, 7) is 3.62. The van der Waals surface area contributed by atoms with Gasteiger partial charge in [0.25, 0.3) is 0 Å². The van der Waals surface area contributed by atoms with E-state index in [-0.39, 0.29) is 0 Å². The van der Waals surface area contributed by atoms with Gasteiger partial charge in [-0.15, -0.1) is 11.3 Å². The Hall–Kier alpha value is -0.550. The van der Waals surface area contributed by atoms with Crippen LogP contribution in [-0.2, 0) is 13.1 Å². The van der Waals surface area contributed by atoms with Crippen LogP contribution in [0.4, 0.5) is 0 Å². The quantitative estimate of drug-likeness (QED) is 0.829. The standard InChI is InChI=1S/C14H15BrClNOS/c1-9-12(15)6-10(19-9)7-17-8-11-13(16)4-3-5-14(11)18-2/h3-6,17H,7-8H2,1-2H3. The normalized spacial score (nSPS) is 10.7. The van der Waals surface area contributed by atoms with Crippen LogP contribution in [0.1, 0.15) is 15.3 Å². The molecule has 2 aromatic rings. The van der Waals surface area contributed by atoms with Gasteiger partial charge in [-0.3, -0.25) is 0 Å². The molecule has 1 N–H and O–H groups in total. The molecule has 102 valence electrons. The van der Waals surface area contributed by atoms with E-state index in [9.17, 15) is 0 Å². The summed E-state index contributed by atoms with van der Waals surface area (Å²) in [6, 6.07) is 7.85. The third kappa shape index (κ3) is 3.72. The Morgan fingerprint density at radius 3 is 2.79 bits per heavy atom. The Kier molecular flexibility index (Phi) is 5.28. The molecule has 0 saturated heterocycles. The minimum atomic E-state index is 0.692. The van der Waals surface area contributed by atoms with Crippen LogP contribution < -0.4 is 10.1 Å². The molecule has 0 aliphatic rings. The molecule has 0 bridgehead atoms. The molecule has 0 amide bonds. The summed E-state index contributed by atoms with van der Waals surface area (Å²) in [5.41, 5.74) is 0.999. The predicted molar refractivity (Wildman–Crippen MR) is 85.3 cm³/mol. The van der Waals surface area contributed by atoms with Crippen LogP contribution in [-0.4, -0.2) is 7.11 Å². The highest BCUT2D eigenvalue weighted by molar-refractivity contribution is 9.10. The van der Waals surface area contributed by atoms with E-state index in [2.05, 4.69) is 34.2 Å². The van der Waals surface area contributed by atoms with Crippen molar-refractivity contribution in [2.75, 3.05) is 7.11 Å². The average Bonchev–Trinajstić information content (AvgIpc) is 2.70. The first-order valence-electron chi connectivity index (χ1n) is 5.88. The molecule has 0 radical (unpaired) electrons. The van der Waals surface area contributed by atoms with Crippen molar-refractivity contribution in [3.05, 3.63) is 49.1 Å². The Morgan fingerprint density at radius 1 is 1.37 bits per heavy atom. The zero-order chi connectivity index (χ0) is 13.8. The second-order valence-corrected chi connectivity index (χ2v) is 6.74. The van der Waals surface area contributed by atoms with Crippen LogP contribution in [0.15, 0.2) is 28.7 Å². The van der Waals surface area contributed by atoms with Gasteiger partial charge in [-0.25, -0.2) is 0 Å². The smallest absolute Gasteiger partial charge is 0.124 e. The molecule has 0 aliphatic carbocycles. The third-order valence-electron chi connectivity index (χ3n) is 2.81. The number of methoxy groups -OCH3 is 1. The van der Waals surface area contributed by atoms with Crippen LogP contribution in [0.5, 0.6) is 5.75 Å². The largest absolute Gasteiger partial charge is 0.496 e. The van der Waals surface area contributed by atoms with E-state index in [1.807, 2.05) is 18.2 Å². The molecule has 2 nitrogen and oxygen atoms in total. The molecule has 2 rings (SSSR count). The van der Waals surface area contributed by atoms with E-state index in [1.165, 1.54) is 14.2 Å². The summed E-state index contributed by atoms with van der Waals surface area (Å²) in [6.07, 6.45) is 0. The molecule has 0 fully saturated rings. The van der Waals surface area contributed by atoms with Gasteiger partial charge in [0.2, 0.25) is 0 Å². The second kappa shape index (κ2) is 6.75. The van der Waals surface area contributed by atoms with Crippen molar-refractivity contribution in [3.63, 3.8) is 0 Å². The van der Waals surface area contributed by atoms with E-state index in [0.29, 0.717) is 6.54 Å². The molecular formula is C14H15BrClNOS. The minimum Gasteiger partial charge on any atom is -0.496 e. The van der Waals surface area contributed by atoms with E-state index in [0.717, 1.165) is 22.9 Å². The number of ether oxygens (including phenoxy) is 1. The molecule has 19 heavy (non-hydrogen) atoms. The Labute approximate surface area is 130 Å². The fourth-order valence-corrected chi connectivity index (χ4v) is 3.62. The molecule has 1 heterocycles. The number of halogens is 2. The molecule has 0 unspecified atom stereocenters. The number of hydrogen-bond acceptors (Lipinski definition) is 3. The van der Waals surface area contributed by atoms with Crippen LogP contribution >= 0.6 is 38.9 Å². The lowest BCUT2D eigenvalue weighted by Crippen LogP contribution is -2.13. The highest BCUT2D eigenvalue weighted by Gasteiger charge is 2.08. The lowest BCUT2D eigenvalue weighted by Gasteiger charge is -2.10. The molecule has 0 aliphatic heterocycles. The van der Waals surface area contributed by atoms with Gasteiger partial charge >= 0.3 is 0 Å². The van der Waals surface area contributed by atoms with Gasteiger partial charge in [-0.05, 0) is 41.1 Å². The summed E-state index contributed by atoms with van der Waals surface area (Å²) in [7, 11) is 1.66. The first-order chi connectivity index (χ1) is 9.11. The highest BCUT2D eigenvalue weighted by atomic mass is 79.9. The zero-order valence-corrected chi connectivity index (χ0v) is 14.0. The number of thiophene rings is 1. The Balaban J connectivity index is 1.99. The van der Waals surface area contributed by atoms with Crippen LogP contribution in [0.2, 0.25) is 5.02 Å². The maximum Gasteiger partial charge on any atom is 0.124 e. The molecule has 1 aromatic heterocycles. The van der Waals surface area contributed by atoms with E-state index in [4.69, 9.17) is 16.3 Å². The van der Waals surface area contributed by atoms with Gasteiger partial charge in [0.15, 0.2) is 0 Å². The summed E-state index contributed by atoms with van der Waals surface area (Å²) in [5, 5.41) is 4.13. The summed E-state index contributed by atoms with van der Waals surface area (Å²) >= 11 is 11.5. The fraction of sp³-hybridized carbons (Fsp3) is 0.286. The van der Waals surface area contributed by atoms with E-state index in [1.54, 1.807) is 18.4 Å². The number of benzene rings is 1. The van der Waals surface area contributed by atoms with Crippen LogP contribution in [0.3, 0.4) is 0 Å². The maximum atomic E-state index is 6.19. The maximum absolute atomic E-state index is 6.19. The monoisotopic (exact) mass is 359 g/mol. The molecule has 5 heteroatoms. The summed E-state index contributed by atoms with van der Waals surface area (Å²) < 4.78 is 6.49. The third-order valence-corrected chi connectivity index (χ3v) is 5.30. The number of rotatable bonds is 5. The number of aryl methyl sites for hydroxylation is 1. The van der Waals surface area contributed by atoms with Crippen molar-refractivity contribution < 1.29 is 4.74 Å². The van der Waals surface area contributed by atoms with E-state index >= 15 is 0 Å². The first-order valence-corrected chi connectivity index (χ1v) is 7.87. The summed E-state index contributed by atoms with van der Waals surface area (Å²) in [4.78, 5) is 2.60. The molecule has 1 aromatic carbocycles. The average molecular weight is 361 g/mol. The second-order valence-electron chi connectivity index (χ2n) is 4.14. The van der Waals surface area contributed by atoms with Gasteiger partial charge < -0.3 is 10.1 Å². The van der Waals surface area contributed by atoms with Crippen molar-refractivity contribution in [2.24, 2.45) is 0 Å².